The number of H-pyrrole nitrogens is 2. The first kappa shape index (κ1) is 18.9. The molecule has 0 spiro atoms. The first-order valence-electron chi connectivity index (χ1n) is 9.68. The number of carbonyl (C=O) groups excluding carboxylic acids is 1. The fourth-order valence-electron chi connectivity index (χ4n) is 4.43. The van der Waals surface area contributed by atoms with Crippen LogP contribution >= 0.6 is 0 Å². The molecule has 1 aliphatic carbocycles. The number of aromatic carboxylic acids is 1. The maximum Gasteiger partial charge on any atom is 0.335 e. The largest absolute Gasteiger partial charge is 0.478 e. The second-order valence-corrected chi connectivity index (χ2v) is 7.62. The molecule has 0 saturated carbocycles. The van der Waals surface area contributed by atoms with Crippen LogP contribution in [0.4, 0.5) is 5.82 Å². The highest BCUT2D eigenvalue weighted by molar-refractivity contribution is 6.01. The summed E-state index contributed by atoms with van der Waals surface area (Å²) in [6.45, 7) is 0. The third-order valence-corrected chi connectivity index (χ3v) is 5.78. The summed E-state index contributed by atoms with van der Waals surface area (Å²) in [6, 6.07) is 9.61. The Morgan fingerprint density at radius 2 is 1.81 bits per heavy atom. The Hall–Kier alpha value is -4.14. The average Bonchev–Trinajstić information content (AvgIpc) is 3.27. The standard InChI is InChI=1S/C22H17N3O6/c26-14-9-12(15-2-1-7-31-15)8-13-17(14)16(10-3-5-11(6-4-10)21(28)29)18-19(23-13)24-22(30)25-20(18)27/h1-7,12,16H,8-9H2,(H,28,29)(H3,23,24,25,27,30)/t12-,16+/m1/s1. The van der Waals surface area contributed by atoms with Gasteiger partial charge in [-0.1, -0.05) is 12.1 Å². The smallest absolute Gasteiger partial charge is 0.335 e. The van der Waals surface area contributed by atoms with Crippen LogP contribution in [0.1, 0.15) is 51.9 Å². The van der Waals surface area contributed by atoms with Crippen LogP contribution in [0.3, 0.4) is 0 Å². The van der Waals surface area contributed by atoms with Gasteiger partial charge in [-0.05, 0) is 36.2 Å². The van der Waals surface area contributed by atoms with Crippen molar-refractivity contribution in [3.05, 3.63) is 97.2 Å². The number of nitrogens with one attached hydrogen (secondary N) is 3. The number of ketones is 1. The average molecular weight is 419 g/mol. The van der Waals surface area contributed by atoms with E-state index >= 15 is 0 Å². The molecule has 1 aromatic carbocycles. The Balaban J connectivity index is 1.68. The molecule has 0 radical (unpaired) electrons. The number of Topliss-reactive ketones (excluding diaryl/α,β-unsaturated/α-hetero) is 1. The number of benzene rings is 1. The Morgan fingerprint density at radius 3 is 2.48 bits per heavy atom. The highest BCUT2D eigenvalue weighted by atomic mass is 16.4. The van der Waals surface area contributed by atoms with Crippen molar-refractivity contribution in [1.29, 1.82) is 0 Å². The molecular formula is C22H17N3O6. The fraction of sp³-hybridized carbons (Fsp3) is 0.182. The Morgan fingerprint density at radius 1 is 1.03 bits per heavy atom. The molecule has 4 N–H and O–H groups in total. The number of carboxylic acid groups (broad SMARTS) is 1. The summed E-state index contributed by atoms with van der Waals surface area (Å²) < 4.78 is 5.48. The van der Waals surface area contributed by atoms with Crippen molar-refractivity contribution >= 4 is 17.6 Å². The summed E-state index contributed by atoms with van der Waals surface area (Å²) in [4.78, 5) is 53.9. The molecule has 0 amide bonds. The summed E-state index contributed by atoms with van der Waals surface area (Å²) in [5.74, 6) is -1.20. The number of anilines is 1. The van der Waals surface area contributed by atoms with E-state index in [2.05, 4.69) is 15.3 Å². The molecule has 1 aliphatic heterocycles. The van der Waals surface area contributed by atoms with E-state index in [-0.39, 0.29) is 35.1 Å². The lowest BCUT2D eigenvalue weighted by Crippen LogP contribution is -2.37. The van der Waals surface area contributed by atoms with Crippen molar-refractivity contribution in [3.63, 3.8) is 0 Å². The Bertz CT molecular complexity index is 1350. The molecule has 9 nitrogen and oxygen atoms in total. The van der Waals surface area contributed by atoms with Crippen molar-refractivity contribution < 1.29 is 19.1 Å². The van der Waals surface area contributed by atoms with Gasteiger partial charge in [-0.25, -0.2) is 9.59 Å². The van der Waals surface area contributed by atoms with Crippen LogP contribution in [0.5, 0.6) is 0 Å². The highest BCUT2D eigenvalue weighted by Gasteiger charge is 2.40. The van der Waals surface area contributed by atoms with E-state index in [1.807, 2.05) is 6.07 Å². The Labute approximate surface area is 174 Å². The third-order valence-electron chi connectivity index (χ3n) is 5.78. The van der Waals surface area contributed by atoms with Crippen molar-refractivity contribution in [1.82, 2.24) is 9.97 Å². The topological polar surface area (TPSA) is 145 Å². The van der Waals surface area contributed by atoms with E-state index < -0.39 is 23.1 Å². The van der Waals surface area contributed by atoms with Gasteiger partial charge in [0.1, 0.15) is 11.6 Å². The molecule has 2 aliphatic rings. The number of hydrogen-bond donors (Lipinski definition) is 4. The maximum absolute atomic E-state index is 13.3. The summed E-state index contributed by atoms with van der Waals surface area (Å²) >= 11 is 0. The van der Waals surface area contributed by atoms with E-state index in [0.29, 0.717) is 29.0 Å². The minimum Gasteiger partial charge on any atom is -0.478 e. The summed E-state index contributed by atoms with van der Waals surface area (Å²) in [7, 11) is 0. The van der Waals surface area contributed by atoms with Crippen molar-refractivity contribution in [3.8, 4) is 0 Å². The molecule has 0 saturated heterocycles. The van der Waals surface area contributed by atoms with Gasteiger partial charge in [0, 0.05) is 29.5 Å². The number of hydrogen-bond acceptors (Lipinski definition) is 6. The molecule has 5 rings (SSSR count). The molecule has 3 aromatic rings. The van der Waals surface area contributed by atoms with Crippen LogP contribution in [-0.2, 0) is 4.79 Å². The molecule has 0 unspecified atom stereocenters. The van der Waals surface area contributed by atoms with Crippen LogP contribution in [-0.4, -0.2) is 26.8 Å². The van der Waals surface area contributed by atoms with Crippen LogP contribution < -0.4 is 16.6 Å². The predicted octanol–water partition coefficient (Wildman–Crippen LogP) is 2.31. The lowest BCUT2D eigenvalue weighted by Gasteiger charge is -2.35. The molecule has 0 bridgehead atoms. The minimum absolute atomic E-state index is 0.0929. The third kappa shape index (κ3) is 3.10. The van der Waals surface area contributed by atoms with Crippen LogP contribution in [0, 0.1) is 0 Å². The lowest BCUT2D eigenvalue weighted by atomic mass is 9.73. The van der Waals surface area contributed by atoms with E-state index in [9.17, 15) is 24.3 Å². The second kappa shape index (κ2) is 6.98. The first-order chi connectivity index (χ1) is 14.9. The summed E-state index contributed by atoms with van der Waals surface area (Å²) in [5, 5.41) is 12.3. The van der Waals surface area contributed by atoms with Gasteiger partial charge in [0.25, 0.3) is 5.56 Å². The second-order valence-electron chi connectivity index (χ2n) is 7.62. The number of aromatic nitrogens is 2. The van der Waals surface area contributed by atoms with Gasteiger partial charge in [-0.2, -0.15) is 0 Å². The van der Waals surface area contributed by atoms with Gasteiger partial charge in [-0.15, -0.1) is 0 Å². The number of allylic oxidation sites excluding steroid dienone is 2. The van der Waals surface area contributed by atoms with Gasteiger partial charge < -0.3 is 14.8 Å². The lowest BCUT2D eigenvalue weighted by molar-refractivity contribution is -0.116. The molecule has 0 fully saturated rings. The zero-order valence-electron chi connectivity index (χ0n) is 16.1. The predicted molar refractivity (Wildman–Crippen MR) is 109 cm³/mol. The van der Waals surface area contributed by atoms with Gasteiger partial charge in [0.15, 0.2) is 5.78 Å². The monoisotopic (exact) mass is 419 g/mol. The van der Waals surface area contributed by atoms with E-state index in [1.54, 1.807) is 24.5 Å². The van der Waals surface area contributed by atoms with Gasteiger partial charge in [-0.3, -0.25) is 19.6 Å². The Kier molecular flexibility index (Phi) is 4.25. The van der Waals surface area contributed by atoms with E-state index in [4.69, 9.17) is 4.42 Å². The molecular weight excluding hydrogens is 402 g/mol. The number of carboxylic acids is 1. The molecule has 31 heavy (non-hydrogen) atoms. The summed E-state index contributed by atoms with van der Waals surface area (Å²) in [5.41, 5.74) is 0.676. The molecule has 3 heterocycles. The van der Waals surface area contributed by atoms with Gasteiger partial charge in [0.05, 0.1) is 17.4 Å². The molecule has 156 valence electrons. The minimum atomic E-state index is -1.07. The van der Waals surface area contributed by atoms with Crippen molar-refractivity contribution in [2.24, 2.45) is 0 Å². The van der Waals surface area contributed by atoms with Gasteiger partial charge >= 0.3 is 11.7 Å². The molecule has 2 atom stereocenters. The van der Waals surface area contributed by atoms with Crippen LogP contribution in [0.15, 0.2) is 67.9 Å². The quantitative estimate of drug-likeness (QED) is 0.510. The van der Waals surface area contributed by atoms with Crippen molar-refractivity contribution in [2.75, 3.05) is 5.32 Å². The molecule has 9 heteroatoms. The zero-order valence-corrected chi connectivity index (χ0v) is 16.1. The first-order valence-corrected chi connectivity index (χ1v) is 9.68. The number of fused-ring (bicyclic) bond motifs is 1. The van der Waals surface area contributed by atoms with Crippen LogP contribution in [0.2, 0.25) is 0 Å². The zero-order chi connectivity index (χ0) is 21.7. The van der Waals surface area contributed by atoms with Crippen molar-refractivity contribution in [2.45, 2.75) is 24.7 Å². The SMILES string of the molecule is O=C1C[C@H](c2ccco2)CC2=C1[C@H](c1ccc(C(=O)O)cc1)c1c([nH]c(=O)[nH]c1=O)N2. The van der Waals surface area contributed by atoms with Gasteiger partial charge in [0.2, 0.25) is 0 Å². The highest BCUT2D eigenvalue weighted by Crippen LogP contribution is 2.46. The molecule has 2 aromatic heterocycles. The van der Waals surface area contributed by atoms with Crippen LogP contribution in [0.25, 0.3) is 0 Å². The number of aromatic amines is 2. The number of furan rings is 1. The van der Waals surface area contributed by atoms with E-state index in [0.717, 1.165) is 0 Å². The number of carbonyl (C=O) groups is 2. The normalized spacial score (nSPS) is 20.1. The fourth-order valence-corrected chi connectivity index (χ4v) is 4.43. The summed E-state index contributed by atoms with van der Waals surface area (Å²) in [6.07, 6.45) is 2.23. The maximum atomic E-state index is 13.3. The number of rotatable bonds is 3. The van der Waals surface area contributed by atoms with E-state index in [1.165, 1.54) is 12.1 Å².